The molecule has 5 rings (SSSR count). The Bertz CT molecular complexity index is 1800. The molecule has 0 radical (unpaired) electrons. The highest BCUT2D eigenvalue weighted by Gasteiger charge is 2.26. The minimum Gasteiger partial charge on any atom is -0.494 e. The number of pyridine rings is 2. The number of para-hydroxylation sites is 1. The summed E-state index contributed by atoms with van der Waals surface area (Å²) in [6.45, 7) is 2.24. The normalized spacial score (nSPS) is 11.4. The fraction of sp³-hybridized carbons (Fsp3) is 0.160. The summed E-state index contributed by atoms with van der Waals surface area (Å²) in [6.07, 6.45) is 0.781. The summed E-state index contributed by atoms with van der Waals surface area (Å²) in [5.74, 6) is 0.436. The Kier molecular flexibility index (Phi) is 7.36. The molecule has 0 saturated carbocycles. The van der Waals surface area contributed by atoms with E-state index in [0.29, 0.717) is 35.4 Å². The molecule has 0 aliphatic carbocycles. The molecule has 15 heteroatoms. The molecule has 0 unspecified atom stereocenters. The third-order valence-corrected chi connectivity index (χ3v) is 7.05. The van der Waals surface area contributed by atoms with Gasteiger partial charge >= 0.3 is 0 Å². The lowest BCUT2D eigenvalue weighted by atomic mass is 10.2. The number of benzene rings is 1. The number of nitrogens with zero attached hydrogens (tertiary/aromatic N) is 6. The van der Waals surface area contributed by atoms with Gasteiger partial charge in [-0.25, -0.2) is 29.3 Å². The van der Waals surface area contributed by atoms with Crippen LogP contribution in [0.3, 0.4) is 0 Å². The van der Waals surface area contributed by atoms with E-state index in [4.69, 9.17) is 25.8 Å². The van der Waals surface area contributed by atoms with Gasteiger partial charge in [-0.05, 0) is 37.3 Å². The van der Waals surface area contributed by atoms with Gasteiger partial charge in [-0.15, -0.1) is 0 Å². The van der Waals surface area contributed by atoms with E-state index in [-0.39, 0.29) is 29.5 Å². The molecule has 0 fully saturated rings. The maximum atomic E-state index is 13.3. The molecule has 4 heterocycles. The van der Waals surface area contributed by atoms with Crippen molar-refractivity contribution < 1.29 is 28.4 Å². The predicted molar refractivity (Wildman–Crippen MR) is 146 cm³/mol. The topological polar surface area (TPSA) is 143 Å². The number of ether oxygens (including phenoxy) is 3. The van der Waals surface area contributed by atoms with Gasteiger partial charge in [-0.3, -0.25) is 9.29 Å². The van der Waals surface area contributed by atoms with Crippen LogP contribution in [0.1, 0.15) is 8.35 Å². The second-order valence-electron chi connectivity index (χ2n) is 8.01. The zero-order valence-corrected chi connectivity index (χ0v) is 22.9. The number of halogens is 2. The van der Waals surface area contributed by atoms with E-state index >= 15 is 0 Å². The second-order valence-corrected chi connectivity index (χ2v) is 9.99. The van der Waals surface area contributed by atoms with Gasteiger partial charge in [-0.1, -0.05) is 23.7 Å². The van der Waals surface area contributed by atoms with Crippen molar-refractivity contribution in [3.05, 3.63) is 65.7 Å². The lowest BCUT2D eigenvalue weighted by Crippen LogP contribution is -2.16. The molecule has 0 spiro atoms. The number of methoxy groups -OCH3 is 2. The van der Waals surface area contributed by atoms with Crippen LogP contribution < -0.4 is 18.9 Å². The van der Waals surface area contributed by atoms with E-state index in [0.717, 1.165) is 18.3 Å². The Hall–Kier alpha value is -4.56. The van der Waals surface area contributed by atoms with Crippen LogP contribution in [0.25, 0.3) is 28.5 Å². The van der Waals surface area contributed by atoms with Gasteiger partial charge in [-0.2, -0.15) is 8.42 Å². The molecule has 0 aliphatic rings. The zero-order chi connectivity index (χ0) is 28.4. The van der Waals surface area contributed by atoms with Gasteiger partial charge in [0.2, 0.25) is 5.88 Å². The highest BCUT2D eigenvalue weighted by Crippen LogP contribution is 2.38. The fourth-order valence-electron chi connectivity index (χ4n) is 3.84. The van der Waals surface area contributed by atoms with Gasteiger partial charge in [0.25, 0.3) is 10.0 Å². The number of aromatic nitrogens is 6. The first-order chi connectivity index (χ1) is 19.2. The maximum absolute atomic E-state index is 13.3. The summed E-state index contributed by atoms with van der Waals surface area (Å²) < 4.78 is 59.9. The van der Waals surface area contributed by atoms with Crippen LogP contribution >= 0.6 is 11.6 Å². The average Bonchev–Trinajstić information content (AvgIpc) is 3.30. The number of hydrogen-bond donors (Lipinski definition) is 1. The van der Waals surface area contributed by atoms with E-state index < -0.39 is 20.9 Å². The Labute approximate surface area is 234 Å². The van der Waals surface area contributed by atoms with Crippen LogP contribution in [0.15, 0.2) is 59.8 Å². The molecule has 4 aromatic heterocycles. The number of anilines is 1. The van der Waals surface area contributed by atoms with E-state index in [2.05, 4.69) is 29.6 Å². The number of nitrogens with one attached hydrogen (secondary N) is 1. The molecule has 1 aromatic carbocycles. The molecule has 0 atom stereocenters. The second kappa shape index (κ2) is 10.9. The smallest absolute Gasteiger partial charge is 0.280 e. The predicted octanol–water partition coefficient (Wildman–Crippen LogP) is 4.53. The highest BCUT2D eigenvalue weighted by molar-refractivity contribution is 7.92. The third kappa shape index (κ3) is 5.05. The van der Waals surface area contributed by atoms with E-state index in [9.17, 15) is 12.8 Å². The number of imidazole rings is 1. The molecular formula is C25H23ClFN7O5S. The largest absolute Gasteiger partial charge is 0.494 e. The first-order valence-electron chi connectivity index (χ1n) is 11.7. The quantitative estimate of drug-likeness (QED) is 0.261. The highest BCUT2D eigenvalue weighted by atomic mass is 35.5. The van der Waals surface area contributed by atoms with Crippen LogP contribution in [0.2, 0.25) is 5.15 Å². The SMILES string of the molecule is CCOc1cccc(-c2nc3nc(Cl)c(NS(=O)(=O)c4ccc(F)cn4)nc3n2-c2c(OC)cccc2OC)n1.[HH]. The standard InChI is InChI=1S/C25H21ClFN7O5S.H2/c1-4-39-18-10-5-7-15(29-18)24-32-23-25(34(24)20-16(37-2)8-6-9-17(20)38-3)31-22(21(26)30-23)33-40(35,36)19-12-11-14(27)13-28-19;/h5-13H,4H2,1-3H3,(H,31,33);1H. The van der Waals surface area contributed by atoms with Crippen molar-refractivity contribution in [3.8, 4) is 34.6 Å². The Morgan fingerprint density at radius 2 is 1.73 bits per heavy atom. The molecule has 0 saturated heterocycles. The number of hydrogen-bond acceptors (Lipinski definition) is 10. The summed E-state index contributed by atoms with van der Waals surface area (Å²) in [5.41, 5.74) is 0.988. The molecular weight excluding hydrogens is 565 g/mol. The van der Waals surface area contributed by atoms with Crippen molar-refractivity contribution >= 4 is 38.7 Å². The van der Waals surface area contributed by atoms with Crippen LogP contribution in [-0.4, -0.2) is 58.7 Å². The lowest BCUT2D eigenvalue weighted by Gasteiger charge is -2.16. The van der Waals surface area contributed by atoms with Crippen LogP contribution in [0.5, 0.6) is 17.4 Å². The Morgan fingerprint density at radius 3 is 2.38 bits per heavy atom. The van der Waals surface area contributed by atoms with Crippen molar-refractivity contribution in [1.29, 1.82) is 0 Å². The molecule has 208 valence electrons. The number of sulfonamides is 1. The summed E-state index contributed by atoms with van der Waals surface area (Å²) in [7, 11) is -1.33. The van der Waals surface area contributed by atoms with Gasteiger partial charge in [0.05, 0.1) is 27.0 Å². The van der Waals surface area contributed by atoms with E-state index in [1.54, 1.807) is 41.0 Å². The summed E-state index contributed by atoms with van der Waals surface area (Å²) in [5, 5.41) is -0.721. The van der Waals surface area contributed by atoms with Gasteiger partial charge in [0, 0.05) is 7.49 Å². The van der Waals surface area contributed by atoms with Crippen LogP contribution in [0, 0.1) is 5.82 Å². The molecule has 12 nitrogen and oxygen atoms in total. The van der Waals surface area contributed by atoms with Crippen molar-refractivity contribution in [3.63, 3.8) is 0 Å². The first kappa shape index (κ1) is 27.0. The molecule has 1 N–H and O–H groups in total. The fourth-order valence-corrected chi connectivity index (χ4v) is 5.01. The summed E-state index contributed by atoms with van der Waals surface area (Å²) >= 11 is 6.34. The third-order valence-electron chi connectivity index (χ3n) is 5.53. The van der Waals surface area contributed by atoms with Crippen LogP contribution in [0.4, 0.5) is 10.2 Å². The van der Waals surface area contributed by atoms with Crippen LogP contribution in [-0.2, 0) is 10.0 Å². The van der Waals surface area contributed by atoms with Crippen molar-refractivity contribution in [2.75, 3.05) is 25.5 Å². The van der Waals surface area contributed by atoms with Crippen molar-refractivity contribution in [2.24, 2.45) is 0 Å². The minimum atomic E-state index is -4.30. The van der Waals surface area contributed by atoms with Crippen molar-refractivity contribution in [2.45, 2.75) is 11.9 Å². The molecule has 5 aromatic rings. The minimum absolute atomic E-state index is 0. The van der Waals surface area contributed by atoms with E-state index in [1.165, 1.54) is 14.2 Å². The van der Waals surface area contributed by atoms with Gasteiger partial charge in [0.1, 0.15) is 28.7 Å². The number of rotatable bonds is 9. The molecule has 0 amide bonds. The number of fused-ring (bicyclic) bond motifs is 1. The first-order valence-corrected chi connectivity index (χ1v) is 13.5. The van der Waals surface area contributed by atoms with Crippen molar-refractivity contribution in [1.82, 2.24) is 29.5 Å². The molecule has 40 heavy (non-hydrogen) atoms. The van der Waals surface area contributed by atoms with E-state index in [1.807, 2.05) is 6.92 Å². The molecule has 0 aliphatic heterocycles. The Morgan fingerprint density at radius 1 is 1.00 bits per heavy atom. The van der Waals surface area contributed by atoms with Gasteiger partial charge in [0.15, 0.2) is 33.1 Å². The maximum Gasteiger partial charge on any atom is 0.280 e. The van der Waals surface area contributed by atoms with Gasteiger partial charge < -0.3 is 14.2 Å². The lowest BCUT2D eigenvalue weighted by molar-refractivity contribution is 0.327. The summed E-state index contributed by atoms with van der Waals surface area (Å²) in [6, 6.07) is 12.3. The monoisotopic (exact) mass is 587 g/mol. The zero-order valence-electron chi connectivity index (χ0n) is 21.3. The Balaban J connectivity index is 0.00000387. The average molecular weight is 588 g/mol. The summed E-state index contributed by atoms with van der Waals surface area (Å²) in [4.78, 5) is 21.6. The molecule has 0 bridgehead atoms.